The van der Waals surface area contributed by atoms with Crippen molar-refractivity contribution in [2.75, 3.05) is 19.9 Å². The Bertz CT molecular complexity index is 1100. The normalized spacial score (nSPS) is 16.1. The second-order valence-electron chi connectivity index (χ2n) is 7.68. The van der Waals surface area contributed by atoms with E-state index in [1.807, 2.05) is 31.0 Å². The first-order valence-electron chi connectivity index (χ1n) is 10.0. The van der Waals surface area contributed by atoms with Crippen molar-refractivity contribution in [1.82, 2.24) is 20.0 Å². The Hall–Kier alpha value is -3.42. The van der Waals surface area contributed by atoms with E-state index in [-0.39, 0.29) is 18.6 Å². The van der Waals surface area contributed by atoms with Crippen LogP contribution in [0.15, 0.2) is 35.0 Å². The molecule has 5 rings (SSSR count). The average molecular weight is 406 g/mol. The van der Waals surface area contributed by atoms with Gasteiger partial charge in [0.15, 0.2) is 17.3 Å². The van der Waals surface area contributed by atoms with Crippen molar-refractivity contribution in [3.63, 3.8) is 0 Å². The molecule has 0 N–H and O–H groups in total. The van der Waals surface area contributed by atoms with Gasteiger partial charge in [0.05, 0.1) is 17.0 Å². The summed E-state index contributed by atoms with van der Waals surface area (Å²) in [4.78, 5) is 23.9. The number of benzene rings is 1. The highest BCUT2D eigenvalue weighted by Crippen LogP contribution is 2.36. The third kappa shape index (κ3) is 3.38. The van der Waals surface area contributed by atoms with Crippen molar-refractivity contribution in [3.05, 3.63) is 53.2 Å². The highest BCUT2D eigenvalue weighted by atomic mass is 16.7. The number of carbonyl (C=O) groups excluding carboxylic acids is 1. The van der Waals surface area contributed by atoms with Gasteiger partial charge in [0, 0.05) is 36.8 Å². The summed E-state index contributed by atoms with van der Waals surface area (Å²) in [6.07, 6.45) is 3.46. The van der Waals surface area contributed by atoms with E-state index in [0.717, 1.165) is 35.6 Å². The number of fused-ring (bicyclic) bond motifs is 1. The number of ether oxygens (including phenoxy) is 2. The summed E-state index contributed by atoms with van der Waals surface area (Å²) in [6, 6.07) is 7.24. The van der Waals surface area contributed by atoms with Crippen molar-refractivity contribution >= 4 is 5.91 Å². The first kappa shape index (κ1) is 18.6. The quantitative estimate of drug-likeness (QED) is 0.657. The van der Waals surface area contributed by atoms with Crippen LogP contribution in [0, 0.1) is 13.8 Å². The van der Waals surface area contributed by atoms with Gasteiger partial charge in [-0.05, 0) is 44.9 Å². The van der Waals surface area contributed by atoms with Crippen LogP contribution in [-0.2, 0) is 0 Å². The fourth-order valence-corrected chi connectivity index (χ4v) is 4.05. The minimum absolute atomic E-state index is 0.0108. The number of piperidine rings is 1. The van der Waals surface area contributed by atoms with Crippen molar-refractivity contribution in [3.8, 4) is 22.8 Å². The van der Waals surface area contributed by atoms with Gasteiger partial charge in [0.2, 0.25) is 6.79 Å². The van der Waals surface area contributed by atoms with Gasteiger partial charge in [0.1, 0.15) is 5.82 Å². The number of hydrogen-bond donors (Lipinski definition) is 0. The lowest BCUT2D eigenvalue weighted by Crippen LogP contribution is -2.38. The zero-order chi connectivity index (χ0) is 20.7. The van der Waals surface area contributed by atoms with Crippen LogP contribution in [0.5, 0.6) is 11.5 Å². The SMILES string of the molecule is Cc1cc(-c2cnc(C)nc2C2CCN(C(=O)c3ccc4c(c3)OCO4)CC2)on1. The molecule has 2 aliphatic rings. The van der Waals surface area contributed by atoms with E-state index in [1.54, 1.807) is 18.2 Å². The first-order chi connectivity index (χ1) is 14.6. The molecule has 30 heavy (non-hydrogen) atoms. The summed E-state index contributed by atoms with van der Waals surface area (Å²) in [6.45, 7) is 5.30. The highest BCUT2D eigenvalue weighted by molar-refractivity contribution is 5.95. The molecule has 0 spiro atoms. The number of likely N-dealkylation sites (tertiary alicyclic amines) is 1. The molecule has 1 fully saturated rings. The Morgan fingerprint density at radius 2 is 1.90 bits per heavy atom. The zero-order valence-corrected chi connectivity index (χ0v) is 16.9. The summed E-state index contributed by atoms with van der Waals surface area (Å²) < 4.78 is 16.2. The lowest BCUT2D eigenvalue weighted by Gasteiger charge is -2.32. The maximum atomic E-state index is 13.0. The Morgan fingerprint density at radius 1 is 1.10 bits per heavy atom. The van der Waals surface area contributed by atoms with E-state index in [9.17, 15) is 4.79 Å². The van der Waals surface area contributed by atoms with Crippen LogP contribution >= 0.6 is 0 Å². The summed E-state index contributed by atoms with van der Waals surface area (Å²) >= 11 is 0. The number of rotatable bonds is 3. The molecule has 0 radical (unpaired) electrons. The summed E-state index contributed by atoms with van der Waals surface area (Å²) in [5.41, 5.74) is 3.28. The van der Waals surface area contributed by atoms with Crippen LogP contribution in [0.2, 0.25) is 0 Å². The Morgan fingerprint density at radius 3 is 2.67 bits per heavy atom. The number of aromatic nitrogens is 3. The second kappa shape index (κ2) is 7.44. The molecule has 0 atom stereocenters. The maximum Gasteiger partial charge on any atom is 0.253 e. The lowest BCUT2D eigenvalue weighted by molar-refractivity contribution is 0.0711. The van der Waals surface area contributed by atoms with E-state index in [2.05, 4.69) is 10.1 Å². The van der Waals surface area contributed by atoms with Crippen LogP contribution in [0.3, 0.4) is 0 Å². The van der Waals surface area contributed by atoms with Gasteiger partial charge < -0.3 is 18.9 Å². The molecule has 3 aromatic rings. The smallest absolute Gasteiger partial charge is 0.253 e. The molecule has 1 amide bonds. The predicted molar refractivity (Wildman–Crippen MR) is 107 cm³/mol. The zero-order valence-electron chi connectivity index (χ0n) is 16.9. The van der Waals surface area contributed by atoms with Gasteiger partial charge in [0.25, 0.3) is 5.91 Å². The minimum Gasteiger partial charge on any atom is -0.454 e. The minimum atomic E-state index is 0.0108. The third-order valence-corrected chi connectivity index (χ3v) is 5.62. The molecule has 2 aliphatic heterocycles. The maximum absolute atomic E-state index is 13.0. The van der Waals surface area contributed by atoms with E-state index in [1.165, 1.54) is 0 Å². The Balaban J connectivity index is 1.33. The number of hydrogen-bond acceptors (Lipinski definition) is 7. The molecular formula is C22H22N4O4. The molecular weight excluding hydrogens is 384 g/mol. The molecule has 4 heterocycles. The third-order valence-electron chi connectivity index (χ3n) is 5.62. The molecule has 1 saturated heterocycles. The number of aryl methyl sites for hydroxylation is 2. The standard InChI is InChI=1S/C22H22N4O4/c1-13-9-19(30-25-13)17-11-23-14(2)24-21(17)15-5-7-26(8-6-15)22(27)16-3-4-18-20(10-16)29-12-28-18/h3-4,9-11,15H,5-8,12H2,1-2H3. The van der Waals surface area contributed by atoms with Gasteiger partial charge in [-0.15, -0.1) is 0 Å². The molecule has 0 unspecified atom stereocenters. The van der Waals surface area contributed by atoms with Gasteiger partial charge in [-0.25, -0.2) is 9.97 Å². The fourth-order valence-electron chi connectivity index (χ4n) is 4.05. The van der Waals surface area contributed by atoms with Gasteiger partial charge in [-0.2, -0.15) is 0 Å². The summed E-state index contributed by atoms with van der Waals surface area (Å²) in [7, 11) is 0. The molecule has 8 heteroatoms. The number of nitrogens with zero attached hydrogens (tertiary/aromatic N) is 4. The predicted octanol–water partition coefficient (Wildman–Crippen LogP) is 3.50. The van der Waals surface area contributed by atoms with E-state index in [0.29, 0.717) is 35.9 Å². The van der Waals surface area contributed by atoms with E-state index >= 15 is 0 Å². The second-order valence-corrected chi connectivity index (χ2v) is 7.68. The number of carbonyl (C=O) groups is 1. The van der Waals surface area contributed by atoms with Gasteiger partial charge in [-0.3, -0.25) is 4.79 Å². The molecule has 2 aromatic heterocycles. The molecule has 0 saturated carbocycles. The molecule has 0 aliphatic carbocycles. The van der Waals surface area contributed by atoms with Crippen molar-refractivity contribution in [2.24, 2.45) is 0 Å². The Labute approximate surface area is 173 Å². The molecule has 8 nitrogen and oxygen atoms in total. The molecule has 0 bridgehead atoms. The van der Waals surface area contributed by atoms with Crippen LogP contribution < -0.4 is 9.47 Å². The average Bonchev–Trinajstić information content (AvgIpc) is 3.41. The fraction of sp³-hybridized carbons (Fsp3) is 0.364. The monoisotopic (exact) mass is 406 g/mol. The van der Waals surface area contributed by atoms with Crippen LogP contribution in [-0.4, -0.2) is 45.8 Å². The van der Waals surface area contributed by atoms with Gasteiger partial charge in [-0.1, -0.05) is 5.16 Å². The van der Waals surface area contributed by atoms with Crippen molar-refractivity contribution < 1.29 is 18.8 Å². The van der Waals surface area contributed by atoms with Crippen LogP contribution in [0.25, 0.3) is 11.3 Å². The van der Waals surface area contributed by atoms with E-state index < -0.39 is 0 Å². The first-order valence-corrected chi connectivity index (χ1v) is 10.0. The van der Waals surface area contributed by atoms with Crippen molar-refractivity contribution in [2.45, 2.75) is 32.6 Å². The number of amides is 1. The Kier molecular flexibility index (Phi) is 4.61. The van der Waals surface area contributed by atoms with Gasteiger partial charge >= 0.3 is 0 Å². The van der Waals surface area contributed by atoms with E-state index in [4.69, 9.17) is 19.0 Å². The largest absolute Gasteiger partial charge is 0.454 e. The summed E-state index contributed by atoms with van der Waals surface area (Å²) in [5, 5.41) is 3.99. The van der Waals surface area contributed by atoms with Crippen molar-refractivity contribution in [1.29, 1.82) is 0 Å². The summed E-state index contributed by atoms with van der Waals surface area (Å²) in [5.74, 6) is 2.95. The van der Waals surface area contributed by atoms with Crippen LogP contribution in [0.1, 0.15) is 46.3 Å². The molecule has 1 aromatic carbocycles. The lowest BCUT2D eigenvalue weighted by atomic mass is 9.90. The molecule has 154 valence electrons. The highest BCUT2D eigenvalue weighted by Gasteiger charge is 2.29. The van der Waals surface area contributed by atoms with Crippen LogP contribution in [0.4, 0.5) is 0 Å². The topological polar surface area (TPSA) is 90.6 Å².